The van der Waals surface area contributed by atoms with Gasteiger partial charge in [0.05, 0.1) is 11.1 Å². The average Bonchev–Trinajstić information content (AvgIpc) is 2.48. The SMILES string of the molecule is CCNCc1ccc(Oc2ccccc2CO)c(Br)c1. The van der Waals surface area contributed by atoms with Crippen LogP contribution in [0.1, 0.15) is 18.1 Å². The van der Waals surface area contributed by atoms with Crippen molar-refractivity contribution in [3.63, 3.8) is 0 Å². The van der Waals surface area contributed by atoms with E-state index in [1.165, 1.54) is 5.56 Å². The molecule has 2 aromatic rings. The minimum absolute atomic E-state index is 0.0354. The van der Waals surface area contributed by atoms with Gasteiger partial charge in [-0.25, -0.2) is 0 Å². The van der Waals surface area contributed by atoms with Crippen LogP contribution in [0.2, 0.25) is 0 Å². The zero-order chi connectivity index (χ0) is 14.4. The minimum Gasteiger partial charge on any atom is -0.456 e. The minimum atomic E-state index is -0.0354. The first-order valence-electron chi connectivity index (χ1n) is 6.60. The van der Waals surface area contributed by atoms with Gasteiger partial charge in [-0.05, 0) is 46.2 Å². The second-order valence-electron chi connectivity index (χ2n) is 4.41. The van der Waals surface area contributed by atoms with Crippen molar-refractivity contribution in [2.45, 2.75) is 20.1 Å². The number of hydrogen-bond acceptors (Lipinski definition) is 3. The molecule has 0 radical (unpaired) electrons. The summed E-state index contributed by atoms with van der Waals surface area (Å²) in [7, 11) is 0. The summed E-state index contributed by atoms with van der Waals surface area (Å²) >= 11 is 3.53. The maximum absolute atomic E-state index is 9.31. The number of nitrogens with one attached hydrogen (secondary N) is 1. The maximum atomic E-state index is 9.31. The molecule has 4 heteroatoms. The van der Waals surface area contributed by atoms with E-state index in [2.05, 4.69) is 28.2 Å². The van der Waals surface area contributed by atoms with Crippen molar-refractivity contribution < 1.29 is 9.84 Å². The third-order valence-electron chi connectivity index (χ3n) is 2.94. The maximum Gasteiger partial charge on any atom is 0.141 e. The Balaban J connectivity index is 2.17. The lowest BCUT2D eigenvalue weighted by molar-refractivity contribution is 0.276. The summed E-state index contributed by atoms with van der Waals surface area (Å²) in [4.78, 5) is 0. The number of para-hydroxylation sites is 1. The molecule has 0 unspecified atom stereocenters. The summed E-state index contributed by atoms with van der Waals surface area (Å²) < 4.78 is 6.77. The highest BCUT2D eigenvalue weighted by molar-refractivity contribution is 9.10. The van der Waals surface area contributed by atoms with E-state index in [0.29, 0.717) is 5.75 Å². The Morgan fingerprint density at radius 3 is 2.65 bits per heavy atom. The Morgan fingerprint density at radius 2 is 1.95 bits per heavy atom. The smallest absolute Gasteiger partial charge is 0.141 e. The van der Waals surface area contributed by atoms with Crippen LogP contribution < -0.4 is 10.1 Å². The molecule has 106 valence electrons. The fraction of sp³-hybridized carbons (Fsp3) is 0.250. The van der Waals surface area contributed by atoms with E-state index in [-0.39, 0.29) is 6.61 Å². The van der Waals surface area contributed by atoms with Crippen LogP contribution in [0.5, 0.6) is 11.5 Å². The molecule has 0 spiro atoms. The van der Waals surface area contributed by atoms with E-state index < -0.39 is 0 Å². The van der Waals surface area contributed by atoms with Crippen LogP contribution >= 0.6 is 15.9 Å². The summed E-state index contributed by atoms with van der Waals surface area (Å²) in [5.41, 5.74) is 1.97. The molecular weight excluding hydrogens is 318 g/mol. The Bertz CT molecular complexity index is 572. The van der Waals surface area contributed by atoms with Crippen LogP contribution in [0.3, 0.4) is 0 Å². The number of rotatable bonds is 6. The van der Waals surface area contributed by atoms with Crippen LogP contribution in [0.15, 0.2) is 46.9 Å². The first kappa shape index (κ1) is 15.0. The molecule has 0 saturated heterocycles. The van der Waals surface area contributed by atoms with Gasteiger partial charge >= 0.3 is 0 Å². The fourth-order valence-corrected chi connectivity index (χ4v) is 2.37. The highest BCUT2D eigenvalue weighted by atomic mass is 79.9. The summed E-state index contributed by atoms with van der Waals surface area (Å²) in [5, 5.41) is 12.6. The van der Waals surface area contributed by atoms with Crippen LogP contribution in [-0.2, 0) is 13.2 Å². The topological polar surface area (TPSA) is 41.5 Å². The van der Waals surface area contributed by atoms with Gasteiger partial charge in [-0.15, -0.1) is 0 Å². The molecule has 0 aromatic heterocycles. The highest BCUT2D eigenvalue weighted by Gasteiger charge is 2.07. The van der Waals surface area contributed by atoms with Gasteiger partial charge in [-0.2, -0.15) is 0 Å². The second-order valence-corrected chi connectivity index (χ2v) is 5.27. The Morgan fingerprint density at radius 1 is 1.15 bits per heavy atom. The molecule has 0 fully saturated rings. The van der Waals surface area contributed by atoms with Gasteiger partial charge in [-0.1, -0.05) is 31.2 Å². The van der Waals surface area contributed by atoms with Crippen LogP contribution in [0.4, 0.5) is 0 Å². The molecule has 0 aliphatic carbocycles. The van der Waals surface area contributed by atoms with Gasteiger partial charge in [0, 0.05) is 12.1 Å². The number of ether oxygens (including phenoxy) is 1. The second kappa shape index (κ2) is 7.43. The van der Waals surface area contributed by atoms with E-state index >= 15 is 0 Å². The average molecular weight is 336 g/mol. The zero-order valence-corrected chi connectivity index (χ0v) is 13.0. The summed E-state index contributed by atoms with van der Waals surface area (Å²) in [5.74, 6) is 1.42. The monoisotopic (exact) mass is 335 g/mol. The Labute approximate surface area is 127 Å². The molecular formula is C16H18BrNO2. The molecule has 3 nitrogen and oxygen atoms in total. The Kier molecular flexibility index (Phi) is 5.59. The number of aliphatic hydroxyl groups is 1. The highest BCUT2D eigenvalue weighted by Crippen LogP contribution is 2.32. The van der Waals surface area contributed by atoms with E-state index in [1.54, 1.807) is 0 Å². The number of aliphatic hydroxyl groups excluding tert-OH is 1. The van der Waals surface area contributed by atoms with Crippen molar-refractivity contribution in [3.8, 4) is 11.5 Å². The van der Waals surface area contributed by atoms with Crippen LogP contribution in [0.25, 0.3) is 0 Å². The van der Waals surface area contributed by atoms with Gasteiger partial charge in [0.25, 0.3) is 0 Å². The lowest BCUT2D eigenvalue weighted by atomic mass is 10.2. The number of hydrogen-bond donors (Lipinski definition) is 2. The number of halogens is 1. The van der Waals surface area contributed by atoms with Gasteiger partial charge in [0.15, 0.2) is 0 Å². The molecule has 0 atom stereocenters. The Hall–Kier alpha value is -1.36. The van der Waals surface area contributed by atoms with Crippen LogP contribution in [-0.4, -0.2) is 11.7 Å². The van der Waals surface area contributed by atoms with E-state index in [1.807, 2.05) is 42.5 Å². The molecule has 0 amide bonds. The third kappa shape index (κ3) is 3.82. The zero-order valence-electron chi connectivity index (χ0n) is 11.4. The summed E-state index contributed by atoms with van der Waals surface area (Å²) in [6.07, 6.45) is 0. The van der Waals surface area contributed by atoms with Gasteiger partial charge in [-0.3, -0.25) is 0 Å². The quantitative estimate of drug-likeness (QED) is 0.842. The molecule has 2 N–H and O–H groups in total. The predicted molar refractivity (Wildman–Crippen MR) is 84.0 cm³/mol. The largest absolute Gasteiger partial charge is 0.456 e. The van der Waals surface area contributed by atoms with Crippen molar-refractivity contribution in [1.29, 1.82) is 0 Å². The van der Waals surface area contributed by atoms with Gasteiger partial charge in [0.1, 0.15) is 11.5 Å². The van der Waals surface area contributed by atoms with E-state index in [4.69, 9.17) is 4.74 Å². The predicted octanol–water partition coefficient (Wildman–Crippen LogP) is 3.84. The number of benzene rings is 2. The van der Waals surface area contributed by atoms with Gasteiger partial charge < -0.3 is 15.2 Å². The van der Waals surface area contributed by atoms with Crippen molar-refractivity contribution in [2.75, 3.05) is 6.54 Å². The first-order valence-corrected chi connectivity index (χ1v) is 7.39. The molecule has 0 aliphatic rings. The summed E-state index contributed by atoms with van der Waals surface area (Å²) in [6.45, 7) is 3.83. The van der Waals surface area contributed by atoms with Gasteiger partial charge in [0.2, 0.25) is 0 Å². The molecule has 2 rings (SSSR count). The van der Waals surface area contributed by atoms with E-state index in [9.17, 15) is 5.11 Å². The lowest BCUT2D eigenvalue weighted by Crippen LogP contribution is -2.11. The normalized spacial score (nSPS) is 10.6. The molecule has 0 heterocycles. The van der Waals surface area contributed by atoms with Crippen molar-refractivity contribution in [3.05, 3.63) is 58.1 Å². The fourth-order valence-electron chi connectivity index (χ4n) is 1.86. The molecule has 2 aromatic carbocycles. The molecule has 0 bridgehead atoms. The standard InChI is InChI=1S/C16H18BrNO2/c1-2-18-10-12-7-8-16(14(17)9-12)20-15-6-4-3-5-13(15)11-19/h3-9,18-19H,2,10-11H2,1H3. The lowest BCUT2D eigenvalue weighted by Gasteiger charge is -2.12. The molecule has 0 saturated carbocycles. The van der Waals surface area contributed by atoms with E-state index in [0.717, 1.165) is 28.9 Å². The van der Waals surface area contributed by atoms with Crippen molar-refractivity contribution in [2.24, 2.45) is 0 Å². The van der Waals surface area contributed by atoms with Crippen LogP contribution in [0, 0.1) is 0 Å². The third-order valence-corrected chi connectivity index (χ3v) is 3.56. The first-order chi connectivity index (χ1) is 9.74. The van der Waals surface area contributed by atoms with Crippen molar-refractivity contribution in [1.82, 2.24) is 5.32 Å². The van der Waals surface area contributed by atoms with Crippen molar-refractivity contribution >= 4 is 15.9 Å². The molecule has 0 aliphatic heterocycles. The molecule has 20 heavy (non-hydrogen) atoms. The summed E-state index contributed by atoms with van der Waals surface area (Å²) in [6, 6.07) is 13.5.